The van der Waals surface area contributed by atoms with Crippen molar-refractivity contribution in [3.8, 4) is 0 Å². The molecule has 2 heterocycles. The number of aromatic nitrogens is 3. The molecular weight excluding hydrogens is 258 g/mol. The van der Waals surface area contributed by atoms with Crippen molar-refractivity contribution in [3.63, 3.8) is 0 Å². The third-order valence-corrected chi connectivity index (χ3v) is 3.47. The lowest BCUT2D eigenvalue weighted by molar-refractivity contribution is 0.509. The molecule has 2 aromatic heterocycles. The standard InChI is InChI=1S/C15H22ClN3/c1-11(2)5-4-8-19-14(6-7-16)18-13-9-12(3)10-17-15(13)19/h9-11H,4-8H2,1-3H3. The summed E-state index contributed by atoms with van der Waals surface area (Å²) in [5.74, 6) is 2.40. The van der Waals surface area contributed by atoms with Crippen molar-refractivity contribution >= 4 is 22.8 Å². The van der Waals surface area contributed by atoms with E-state index in [-0.39, 0.29) is 0 Å². The maximum Gasteiger partial charge on any atom is 0.160 e. The van der Waals surface area contributed by atoms with Crippen LogP contribution in [-0.4, -0.2) is 20.4 Å². The monoisotopic (exact) mass is 279 g/mol. The number of halogens is 1. The van der Waals surface area contributed by atoms with E-state index >= 15 is 0 Å². The number of fused-ring (bicyclic) bond motifs is 1. The third kappa shape index (κ3) is 3.47. The van der Waals surface area contributed by atoms with Crippen LogP contribution in [0.2, 0.25) is 0 Å². The van der Waals surface area contributed by atoms with E-state index in [0.29, 0.717) is 5.88 Å². The van der Waals surface area contributed by atoms with Gasteiger partial charge in [0, 0.05) is 25.0 Å². The van der Waals surface area contributed by atoms with Crippen molar-refractivity contribution in [1.29, 1.82) is 0 Å². The quantitative estimate of drug-likeness (QED) is 0.750. The molecule has 0 amide bonds. The van der Waals surface area contributed by atoms with Gasteiger partial charge in [-0.05, 0) is 37.3 Å². The molecule has 3 nitrogen and oxygen atoms in total. The van der Waals surface area contributed by atoms with Gasteiger partial charge in [-0.3, -0.25) is 0 Å². The zero-order valence-corrected chi connectivity index (χ0v) is 12.7. The van der Waals surface area contributed by atoms with E-state index in [1.807, 2.05) is 13.1 Å². The lowest BCUT2D eigenvalue weighted by Gasteiger charge is -2.09. The van der Waals surface area contributed by atoms with E-state index in [1.54, 1.807) is 0 Å². The molecule has 104 valence electrons. The van der Waals surface area contributed by atoms with Crippen molar-refractivity contribution in [2.75, 3.05) is 5.88 Å². The maximum atomic E-state index is 5.88. The Balaban J connectivity index is 2.29. The van der Waals surface area contributed by atoms with Gasteiger partial charge >= 0.3 is 0 Å². The summed E-state index contributed by atoms with van der Waals surface area (Å²) in [6, 6.07) is 2.10. The largest absolute Gasteiger partial charge is 0.313 e. The lowest BCUT2D eigenvalue weighted by atomic mass is 10.1. The van der Waals surface area contributed by atoms with Crippen molar-refractivity contribution in [2.24, 2.45) is 5.92 Å². The van der Waals surface area contributed by atoms with Gasteiger partial charge in [-0.2, -0.15) is 0 Å². The average Bonchev–Trinajstić information content (AvgIpc) is 2.66. The fourth-order valence-electron chi connectivity index (χ4n) is 2.33. The van der Waals surface area contributed by atoms with Crippen molar-refractivity contribution in [2.45, 2.75) is 46.6 Å². The summed E-state index contributed by atoms with van der Waals surface area (Å²) in [5, 5.41) is 0. The molecule has 0 aliphatic carbocycles. The topological polar surface area (TPSA) is 30.7 Å². The van der Waals surface area contributed by atoms with Crippen LogP contribution < -0.4 is 0 Å². The molecule has 0 spiro atoms. The number of rotatable bonds is 6. The zero-order chi connectivity index (χ0) is 13.8. The zero-order valence-electron chi connectivity index (χ0n) is 12.0. The minimum absolute atomic E-state index is 0.604. The van der Waals surface area contributed by atoms with Gasteiger partial charge in [-0.15, -0.1) is 11.6 Å². The summed E-state index contributed by atoms with van der Waals surface area (Å²) >= 11 is 5.88. The molecule has 0 saturated heterocycles. The Morgan fingerprint density at radius 2 is 2.16 bits per heavy atom. The van der Waals surface area contributed by atoms with Gasteiger partial charge in [-0.25, -0.2) is 9.97 Å². The molecule has 0 aromatic carbocycles. The number of imidazole rings is 1. The highest BCUT2D eigenvalue weighted by Gasteiger charge is 2.11. The summed E-state index contributed by atoms with van der Waals surface area (Å²) in [4.78, 5) is 9.22. The number of aryl methyl sites for hydroxylation is 3. The minimum Gasteiger partial charge on any atom is -0.313 e. The van der Waals surface area contributed by atoms with Gasteiger partial charge in [-0.1, -0.05) is 13.8 Å². The molecule has 2 aromatic rings. The fourth-order valence-corrected chi connectivity index (χ4v) is 2.50. The number of hydrogen-bond donors (Lipinski definition) is 0. The molecular formula is C15H22ClN3. The number of alkyl halides is 1. The molecule has 0 aliphatic heterocycles. The predicted molar refractivity (Wildman–Crippen MR) is 80.8 cm³/mol. The Hall–Kier alpha value is -1.09. The molecule has 0 saturated carbocycles. The van der Waals surface area contributed by atoms with Crippen molar-refractivity contribution in [1.82, 2.24) is 14.5 Å². The van der Waals surface area contributed by atoms with Gasteiger partial charge in [0.2, 0.25) is 0 Å². The van der Waals surface area contributed by atoms with Gasteiger partial charge in [0.05, 0.1) is 0 Å². The first-order valence-corrected chi connectivity index (χ1v) is 7.53. The van der Waals surface area contributed by atoms with Gasteiger partial charge in [0.15, 0.2) is 5.65 Å². The number of nitrogens with zero attached hydrogens (tertiary/aromatic N) is 3. The van der Waals surface area contributed by atoms with E-state index < -0.39 is 0 Å². The Morgan fingerprint density at radius 1 is 1.37 bits per heavy atom. The number of pyridine rings is 1. The molecule has 0 aliphatic rings. The third-order valence-electron chi connectivity index (χ3n) is 3.28. The maximum absolute atomic E-state index is 5.88. The van der Waals surface area contributed by atoms with Crippen LogP contribution >= 0.6 is 11.6 Å². The van der Waals surface area contributed by atoms with Crippen molar-refractivity contribution < 1.29 is 0 Å². The molecule has 0 atom stereocenters. The predicted octanol–water partition coefficient (Wildman–Crippen LogP) is 3.96. The Morgan fingerprint density at radius 3 is 2.84 bits per heavy atom. The minimum atomic E-state index is 0.604. The molecule has 0 N–H and O–H groups in total. The van der Waals surface area contributed by atoms with E-state index in [0.717, 1.165) is 47.9 Å². The van der Waals surface area contributed by atoms with E-state index in [2.05, 4.69) is 34.4 Å². The summed E-state index contributed by atoms with van der Waals surface area (Å²) in [6.07, 6.45) is 5.10. The summed E-state index contributed by atoms with van der Waals surface area (Å²) < 4.78 is 2.24. The summed E-state index contributed by atoms with van der Waals surface area (Å²) in [7, 11) is 0. The van der Waals surface area contributed by atoms with Gasteiger partial charge in [0.1, 0.15) is 11.3 Å². The SMILES string of the molecule is Cc1cnc2c(c1)nc(CCCl)n2CCCC(C)C. The first kappa shape index (κ1) is 14.3. The van der Waals surface area contributed by atoms with Crippen LogP contribution in [-0.2, 0) is 13.0 Å². The molecule has 4 heteroatoms. The lowest BCUT2D eigenvalue weighted by Crippen LogP contribution is -2.06. The van der Waals surface area contributed by atoms with Crippen LogP contribution in [0, 0.1) is 12.8 Å². The fraction of sp³-hybridized carbons (Fsp3) is 0.600. The molecule has 0 radical (unpaired) electrons. The van der Waals surface area contributed by atoms with Crippen LogP contribution in [0.4, 0.5) is 0 Å². The molecule has 0 unspecified atom stereocenters. The molecule has 19 heavy (non-hydrogen) atoms. The van der Waals surface area contributed by atoms with Crippen LogP contribution in [0.1, 0.15) is 38.1 Å². The highest BCUT2D eigenvalue weighted by Crippen LogP contribution is 2.18. The molecule has 2 rings (SSSR count). The first-order chi connectivity index (χ1) is 9.11. The van der Waals surface area contributed by atoms with E-state index in [4.69, 9.17) is 11.6 Å². The smallest absolute Gasteiger partial charge is 0.160 e. The highest BCUT2D eigenvalue weighted by atomic mass is 35.5. The Bertz CT molecular complexity index is 546. The van der Waals surface area contributed by atoms with Gasteiger partial charge < -0.3 is 4.57 Å². The normalized spacial score (nSPS) is 11.6. The molecule has 0 bridgehead atoms. The van der Waals surface area contributed by atoms with Crippen LogP contribution in [0.25, 0.3) is 11.2 Å². The second-order valence-electron chi connectivity index (χ2n) is 5.51. The average molecular weight is 280 g/mol. The second-order valence-corrected chi connectivity index (χ2v) is 5.89. The van der Waals surface area contributed by atoms with Gasteiger partial charge in [0.25, 0.3) is 0 Å². The molecule has 0 fully saturated rings. The van der Waals surface area contributed by atoms with Crippen molar-refractivity contribution in [3.05, 3.63) is 23.7 Å². The Kier molecular flexibility index (Phi) is 4.81. The van der Waals surface area contributed by atoms with Crippen LogP contribution in [0.3, 0.4) is 0 Å². The van der Waals surface area contributed by atoms with Crippen LogP contribution in [0.5, 0.6) is 0 Å². The van der Waals surface area contributed by atoms with E-state index in [9.17, 15) is 0 Å². The summed E-state index contributed by atoms with van der Waals surface area (Å²) in [5.41, 5.74) is 3.14. The second kappa shape index (κ2) is 6.38. The Labute approximate surface area is 120 Å². The highest BCUT2D eigenvalue weighted by molar-refractivity contribution is 6.17. The first-order valence-electron chi connectivity index (χ1n) is 6.99. The summed E-state index contributed by atoms with van der Waals surface area (Å²) in [6.45, 7) is 7.54. The van der Waals surface area contributed by atoms with Crippen LogP contribution in [0.15, 0.2) is 12.3 Å². The van der Waals surface area contributed by atoms with E-state index in [1.165, 1.54) is 6.42 Å². The number of hydrogen-bond acceptors (Lipinski definition) is 2.